The van der Waals surface area contributed by atoms with Gasteiger partial charge in [-0.1, -0.05) is 13.8 Å². The number of aromatic nitrogens is 2. The Morgan fingerprint density at radius 1 is 1.38 bits per heavy atom. The van der Waals surface area contributed by atoms with Gasteiger partial charge in [-0.15, -0.1) is 0 Å². The molecule has 5 nitrogen and oxygen atoms in total. The molecule has 3 fully saturated rings. The number of nitrogens with zero attached hydrogens (tertiary/aromatic N) is 2. The van der Waals surface area contributed by atoms with Crippen LogP contribution in [0.1, 0.15) is 65.6 Å². The maximum atomic E-state index is 11.9. The molecule has 0 radical (unpaired) electrons. The van der Waals surface area contributed by atoms with Crippen LogP contribution < -0.4 is 5.32 Å². The van der Waals surface area contributed by atoms with Crippen LogP contribution in [0.4, 0.5) is 4.79 Å². The summed E-state index contributed by atoms with van der Waals surface area (Å²) in [4.78, 5) is 16.4. The summed E-state index contributed by atoms with van der Waals surface area (Å²) in [6.07, 6.45) is 6.36. The van der Waals surface area contributed by atoms with Crippen molar-refractivity contribution in [2.75, 3.05) is 0 Å². The second-order valence-corrected chi connectivity index (χ2v) is 8.01. The van der Waals surface area contributed by atoms with E-state index in [9.17, 15) is 4.79 Å². The Morgan fingerprint density at radius 2 is 2.00 bits per heavy atom. The molecule has 1 aromatic rings. The standard InChI is InChI=1S/C16H25N3O2/c1-11(2)12-17-6-7-19(12)15-8-16(9-15,10-15)21-13(20)18-14(3,4)5/h6-7,11H,8-10H2,1-5H3,(H,18,20). The third-order valence-electron chi connectivity index (χ3n) is 4.44. The van der Waals surface area contributed by atoms with Crippen molar-refractivity contribution in [1.29, 1.82) is 0 Å². The minimum absolute atomic E-state index is 0.137. The van der Waals surface area contributed by atoms with Crippen molar-refractivity contribution in [3.05, 3.63) is 18.2 Å². The first-order valence-corrected chi connectivity index (χ1v) is 7.70. The molecule has 0 aromatic carbocycles. The van der Waals surface area contributed by atoms with Crippen molar-refractivity contribution in [3.8, 4) is 0 Å². The lowest BCUT2D eigenvalue weighted by Gasteiger charge is -2.69. The van der Waals surface area contributed by atoms with Crippen LogP contribution in [0.5, 0.6) is 0 Å². The van der Waals surface area contributed by atoms with Crippen molar-refractivity contribution in [2.24, 2.45) is 0 Å². The third kappa shape index (κ3) is 2.32. The minimum atomic E-state index is -0.300. The molecule has 0 unspecified atom stereocenters. The molecule has 21 heavy (non-hydrogen) atoms. The number of nitrogens with one attached hydrogen (secondary N) is 1. The first-order valence-electron chi connectivity index (χ1n) is 7.70. The average Bonchev–Trinajstić information content (AvgIpc) is 2.66. The molecule has 3 saturated carbocycles. The van der Waals surface area contributed by atoms with Crippen molar-refractivity contribution >= 4 is 6.09 Å². The topological polar surface area (TPSA) is 56.2 Å². The van der Waals surface area contributed by atoms with Gasteiger partial charge in [0.1, 0.15) is 11.4 Å². The van der Waals surface area contributed by atoms with Crippen LogP contribution in [0.2, 0.25) is 0 Å². The van der Waals surface area contributed by atoms with Gasteiger partial charge in [-0.25, -0.2) is 9.78 Å². The Kier molecular flexibility index (Phi) is 2.91. The Balaban J connectivity index is 1.62. The van der Waals surface area contributed by atoms with Gasteiger partial charge in [-0.3, -0.25) is 0 Å². The number of rotatable bonds is 3. The fraction of sp³-hybridized carbons (Fsp3) is 0.750. The molecule has 0 atom stereocenters. The van der Waals surface area contributed by atoms with Crippen LogP contribution >= 0.6 is 0 Å². The molecule has 1 heterocycles. The molecule has 1 N–H and O–H groups in total. The molecule has 116 valence electrons. The largest absolute Gasteiger partial charge is 0.443 e. The lowest BCUT2D eigenvalue weighted by Crippen LogP contribution is -2.74. The maximum Gasteiger partial charge on any atom is 0.408 e. The van der Waals surface area contributed by atoms with Gasteiger partial charge in [0.05, 0.1) is 5.54 Å². The summed E-state index contributed by atoms with van der Waals surface area (Å²) in [6.45, 7) is 10.2. The zero-order valence-electron chi connectivity index (χ0n) is 13.6. The molecule has 1 aromatic heterocycles. The molecule has 2 bridgehead atoms. The monoisotopic (exact) mass is 291 g/mol. The van der Waals surface area contributed by atoms with Crippen molar-refractivity contribution in [3.63, 3.8) is 0 Å². The third-order valence-corrected chi connectivity index (χ3v) is 4.44. The van der Waals surface area contributed by atoms with Gasteiger partial charge in [0.15, 0.2) is 0 Å². The summed E-state index contributed by atoms with van der Waals surface area (Å²) in [5.74, 6) is 1.54. The normalized spacial score (nSPS) is 30.6. The summed E-state index contributed by atoms with van der Waals surface area (Å²) in [5.41, 5.74) is -0.362. The van der Waals surface area contributed by atoms with Crippen LogP contribution in [0.3, 0.4) is 0 Å². The lowest BCUT2D eigenvalue weighted by atomic mass is 9.46. The fourth-order valence-corrected chi connectivity index (χ4v) is 3.68. The van der Waals surface area contributed by atoms with Crippen LogP contribution in [-0.2, 0) is 10.3 Å². The fourth-order valence-electron chi connectivity index (χ4n) is 3.68. The zero-order chi connectivity index (χ0) is 15.5. The highest BCUT2D eigenvalue weighted by atomic mass is 16.6. The van der Waals surface area contributed by atoms with E-state index in [0.717, 1.165) is 25.1 Å². The van der Waals surface area contributed by atoms with Crippen LogP contribution in [-0.4, -0.2) is 26.8 Å². The quantitative estimate of drug-likeness (QED) is 0.930. The number of carbonyl (C=O) groups is 1. The summed E-state index contributed by atoms with van der Waals surface area (Å²) in [5, 5.41) is 2.86. The van der Waals surface area contributed by atoms with E-state index in [0.29, 0.717) is 5.92 Å². The first kappa shape index (κ1) is 14.4. The minimum Gasteiger partial charge on any atom is -0.443 e. The Labute approximate surface area is 126 Å². The van der Waals surface area contributed by atoms with E-state index in [-0.39, 0.29) is 22.8 Å². The molecule has 4 rings (SSSR count). The number of hydrogen-bond donors (Lipinski definition) is 1. The summed E-state index contributed by atoms with van der Waals surface area (Å²) >= 11 is 0. The smallest absolute Gasteiger partial charge is 0.408 e. The van der Waals surface area contributed by atoms with E-state index in [2.05, 4.69) is 34.9 Å². The van der Waals surface area contributed by atoms with Gasteiger partial charge < -0.3 is 14.6 Å². The number of ether oxygens (including phenoxy) is 1. The average molecular weight is 291 g/mol. The van der Waals surface area contributed by atoms with Crippen molar-refractivity contribution in [2.45, 2.75) is 76.5 Å². The molecular formula is C16H25N3O2. The van der Waals surface area contributed by atoms with E-state index < -0.39 is 0 Å². The van der Waals surface area contributed by atoms with E-state index in [4.69, 9.17) is 4.74 Å². The van der Waals surface area contributed by atoms with Gasteiger partial charge in [0.2, 0.25) is 0 Å². The van der Waals surface area contributed by atoms with Gasteiger partial charge in [-0.05, 0) is 20.8 Å². The van der Waals surface area contributed by atoms with E-state index >= 15 is 0 Å². The number of amides is 1. The highest BCUT2D eigenvalue weighted by Crippen LogP contribution is 2.67. The summed E-state index contributed by atoms with van der Waals surface area (Å²) in [7, 11) is 0. The molecule has 1 amide bonds. The predicted octanol–water partition coefficient (Wildman–Crippen LogP) is 3.16. The Bertz CT molecular complexity index is 549. The number of imidazole rings is 1. The highest BCUT2D eigenvalue weighted by Gasteiger charge is 2.72. The number of alkyl carbamates (subject to hydrolysis) is 1. The van der Waals surface area contributed by atoms with E-state index in [1.165, 1.54) is 0 Å². The molecule has 0 saturated heterocycles. The maximum absolute atomic E-state index is 11.9. The van der Waals surface area contributed by atoms with Crippen molar-refractivity contribution in [1.82, 2.24) is 14.9 Å². The van der Waals surface area contributed by atoms with Gasteiger partial charge in [0.25, 0.3) is 0 Å². The van der Waals surface area contributed by atoms with Crippen molar-refractivity contribution < 1.29 is 9.53 Å². The molecule has 0 aliphatic heterocycles. The zero-order valence-corrected chi connectivity index (χ0v) is 13.6. The molecule has 3 aliphatic rings. The molecule has 3 aliphatic carbocycles. The second kappa shape index (κ2) is 4.24. The van der Waals surface area contributed by atoms with E-state index in [1.807, 2.05) is 27.0 Å². The van der Waals surface area contributed by atoms with Gasteiger partial charge >= 0.3 is 6.09 Å². The van der Waals surface area contributed by atoms with Crippen LogP contribution in [0.15, 0.2) is 12.4 Å². The number of carbonyl (C=O) groups excluding carboxylic acids is 1. The molecule has 5 heteroatoms. The van der Waals surface area contributed by atoms with Crippen LogP contribution in [0.25, 0.3) is 0 Å². The Hall–Kier alpha value is -1.52. The predicted molar refractivity (Wildman–Crippen MR) is 80.2 cm³/mol. The van der Waals surface area contributed by atoms with E-state index in [1.54, 1.807) is 0 Å². The van der Waals surface area contributed by atoms with Gasteiger partial charge in [0, 0.05) is 43.1 Å². The van der Waals surface area contributed by atoms with Crippen LogP contribution in [0, 0.1) is 0 Å². The lowest BCUT2D eigenvalue weighted by molar-refractivity contribution is -0.245. The summed E-state index contributed by atoms with van der Waals surface area (Å²) < 4.78 is 7.95. The highest BCUT2D eigenvalue weighted by molar-refractivity contribution is 5.69. The number of hydrogen-bond acceptors (Lipinski definition) is 3. The first-order chi connectivity index (χ1) is 9.65. The molecule has 0 spiro atoms. The SMILES string of the molecule is CC(C)c1nccn1C12CC(OC(=O)NC(C)(C)C)(C1)C2. The molecular weight excluding hydrogens is 266 g/mol. The van der Waals surface area contributed by atoms with Gasteiger partial charge in [-0.2, -0.15) is 0 Å². The Morgan fingerprint density at radius 3 is 2.52 bits per heavy atom. The summed E-state index contributed by atoms with van der Waals surface area (Å²) in [6, 6.07) is 0. The second-order valence-electron chi connectivity index (χ2n) is 8.01.